The molecule has 1 saturated heterocycles. The molecular weight excluding hydrogens is 229 g/mol. The van der Waals surface area contributed by atoms with Gasteiger partial charge in [0.15, 0.2) is 0 Å². The van der Waals surface area contributed by atoms with Crippen molar-refractivity contribution in [3.05, 3.63) is 18.2 Å². The summed E-state index contributed by atoms with van der Waals surface area (Å²) in [5.41, 5.74) is 6.58. The average Bonchev–Trinajstić information content (AvgIpc) is 2.48. The van der Waals surface area contributed by atoms with Crippen molar-refractivity contribution in [3.8, 4) is 5.75 Å². The van der Waals surface area contributed by atoms with Gasteiger partial charge in [-0.25, -0.2) is 0 Å². The van der Waals surface area contributed by atoms with Crippen molar-refractivity contribution in [2.24, 2.45) is 0 Å². The summed E-state index contributed by atoms with van der Waals surface area (Å²) in [7, 11) is 1.17. The van der Waals surface area contributed by atoms with Crippen molar-refractivity contribution in [2.75, 3.05) is 12.8 Å². The number of hydrogen-bond acceptors (Lipinski definition) is 4. The highest BCUT2D eigenvalue weighted by molar-refractivity contribution is 6.63. The standard InChI is InChI=1S/C13H20BNO3/c1-12(2)13(3,4)18-14(17-12)10-8-9(15)6-7-11(10)16-5/h6-8H,15H2,1-5H3. The molecular formula is C13H20BNO3. The molecule has 0 aliphatic carbocycles. The van der Waals surface area contributed by atoms with Gasteiger partial charge in [0.2, 0.25) is 0 Å². The maximum atomic E-state index is 5.99. The van der Waals surface area contributed by atoms with Crippen molar-refractivity contribution in [2.45, 2.75) is 38.9 Å². The first-order chi connectivity index (χ1) is 8.27. The van der Waals surface area contributed by atoms with Crippen LogP contribution in [0.4, 0.5) is 5.69 Å². The van der Waals surface area contributed by atoms with Crippen molar-refractivity contribution in [1.29, 1.82) is 0 Å². The number of ether oxygens (including phenoxy) is 1. The number of rotatable bonds is 2. The summed E-state index contributed by atoms with van der Waals surface area (Å²) in [5, 5.41) is 0. The van der Waals surface area contributed by atoms with E-state index in [-0.39, 0.29) is 11.2 Å². The Morgan fingerprint density at radius 3 is 2.17 bits per heavy atom. The third kappa shape index (κ3) is 2.08. The van der Waals surface area contributed by atoms with Crippen LogP contribution in [0.25, 0.3) is 0 Å². The summed E-state index contributed by atoms with van der Waals surface area (Å²) < 4.78 is 17.3. The molecule has 1 aliphatic rings. The first-order valence-electron chi connectivity index (χ1n) is 6.06. The minimum Gasteiger partial charge on any atom is -0.497 e. The Kier molecular flexibility index (Phi) is 3.07. The van der Waals surface area contributed by atoms with Crippen LogP contribution >= 0.6 is 0 Å². The average molecular weight is 249 g/mol. The summed E-state index contributed by atoms with van der Waals surface area (Å²) in [6.45, 7) is 8.08. The van der Waals surface area contributed by atoms with Gasteiger partial charge in [-0.2, -0.15) is 0 Å². The lowest BCUT2D eigenvalue weighted by molar-refractivity contribution is 0.00578. The third-order valence-corrected chi connectivity index (χ3v) is 3.76. The summed E-state index contributed by atoms with van der Waals surface area (Å²) in [6, 6.07) is 5.46. The highest BCUT2D eigenvalue weighted by Gasteiger charge is 2.52. The zero-order valence-electron chi connectivity index (χ0n) is 11.6. The second-order valence-corrected chi connectivity index (χ2v) is 5.59. The van der Waals surface area contributed by atoms with Crippen LogP contribution in [0.5, 0.6) is 5.75 Å². The quantitative estimate of drug-likeness (QED) is 0.638. The van der Waals surface area contributed by atoms with Gasteiger partial charge in [-0.1, -0.05) is 0 Å². The molecule has 2 N–H and O–H groups in total. The topological polar surface area (TPSA) is 53.7 Å². The fourth-order valence-electron chi connectivity index (χ4n) is 1.91. The smallest absolute Gasteiger partial charge is 0.497 e. The molecule has 0 radical (unpaired) electrons. The molecule has 0 spiro atoms. The van der Waals surface area contributed by atoms with E-state index < -0.39 is 7.12 Å². The van der Waals surface area contributed by atoms with Gasteiger partial charge in [-0.3, -0.25) is 0 Å². The van der Waals surface area contributed by atoms with Crippen LogP contribution in [0.1, 0.15) is 27.7 Å². The first kappa shape index (κ1) is 13.2. The van der Waals surface area contributed by atoms with Gasteiger partial charge < -0.3 is 19.8 Å². The molecule has 0 atom stereocenters. The maximum absolute atomic E-state index is 5.99. The molecule has 1 fully saturated rings. The molecule has 18 heavy (non-hydrogen) atoms. The SMILES string of the molecule is COc1ccc(N)cc1B1OC(C)(C)C(C)(C)O1. The molecule has 0 amide bonds. The number of anilines is 1. The maximum Gasteiger partial charge on any atom is 0.498 e. The first-order valence-corrected chi connectivity index (χ1v) is 6.06. The summed E-state index contributed by atoms with van der Waals surface area (Å²) in [6.07, 6.45) is 0. The number of methoxy groups -OCH3 is 1. The van der Waals surface area contributed by atoms with Crippen LogP contribution in [0.2, 0.25) is 0 Å². The Hall–Kier alpha value is -1.20. The zero-order valence-corrected chi connectivity index (χ0v) is 11.6. The van der Waals surface area contributed by atoms with Gasteiger partial charge in [0, 0.05) is 11.2 Å². The Morgan fingerprint density at radius 1 is 1.11 bits per heavy atom. The van der Waals surface area contributed by atoms with Crippen LogP contribution in [-0.4, -0.2) is 25.4 Å². The molecule has 2 rings (SSSR count). The molecule has 4 nitrogen and oxygen atoms in total. The third-order valence-electron chi connectivity index (χ3n) is 3.76. The normalized spacial score (nSPS) is 21.1. The fourth-order valence-corrected chi connectivity index (χ4v) is 1.91. The van der Waals surface area contributed by atoms with Gasteiger partial charge in [-0.15, -0.1) is 0 Å². The predicted octanol–water partition coefficient (Wildman–Crippen LogP) is 1.58. The molecule has 0 unspecified atom stereocenters. The number of hydrogen-bond donors (Lipinski definition) is 1. The Morgan fingerprint density at radius 2 is 1.67 bits per heavy atom. The van der Waals surface area contributed by atoms with E-state index in [1.165, 1.54) is 0 Å². The molecule has 1 aromatic carbocycles. The molecule has 0 saturated carbocycles. The summed E-state index contributed by atoms with van der Waals surface area (Å²) >= 11 is 0. The van der Waals surface area contributed by atoms with E-state index in [0.29, 0.717) is 5.69 Å². The zero-order chi connectivity index (χ0) is 13.6. The monoisotopic (exact) mass is 249 g/mol. The summed E-state index contributed by atoms with van der Waals surface area (Å²) in [5.74, 6) is 0.725. The Bertz CT molecular complexity index is 444. The minimum absolute atomic E-state index is 0.368. The number of nitrogen functional groups attached to an aromatic ring is 1. The van der Waals surface area contributed by atoms with E-state index in [0.717, 1.165) is 11.2 Å². The van der Waals surface area contributed by atoms with Crippen molar-refractivity contribution >= 4 is 18.3 Å². The van der Waals surface area contributed by atoms with Gasteiger partial charge in [0.05, 0.1) is 18.3 Å². The molecule has 98 valence electrons. The molecule has 1 aromatic rings. The van der Waals surface area contributed by atoms with Crippen molar-refractivity contribution in [1.82, 2.24) is 0 Å². The molecule has 1 aliphatic heterocycles. The molecule has 0 bridgehead atoms. The fraction of sp³-hybridized carbons (Fsp3) is 0.538. The van der Waals surface area contributed by atoms with Crippen LogP contribution in [0.3, 0.4) is 0 Å². The van der Waals surface area contributed by atoms with E-state index in [9.17, 15) is 0 Å². The van der Waals surface area contributed by atoms with E-state index in [1.54, 1.807) is 13.2 Å². The second kappa shape index (κ2) is 4.18. The number of nitrogens with two attached hydrogens (primary N) is 1. The van der Waals surface area contributed by atoms with Crippen LogP contribution in [0.15, 0.2) is 18.2 Å². The van der Waals surface area contributed by atoms with E-state index in [2.05, 4.69) is 0 Å². The highest BCUT2D eigenvalue weighted by atomic mass is 16.7. The minimum atomic E-state index is -0.451. The van der Waals surface area contributed by atoms with Crippen molar-refractivity contribution < 1.29 is 14.0 Å². The molecule has 0 aromatic heterocycles. The lowest BCUT2D eigenvalue weighted by Crippen LogP contribution is -2.41. The van der Waals surface area contributed by atoms with E-state index >= 15 is 0 Å². The highest BCUT2D eigenvalue weighted by Crippen LogP contribution is 2.37. The number of benzene rings is 1. The molecule has 5 heteroatoms. The van der Waals surface area contributed by atoms with Gasteiger partial charge in [0.25, 0.3) is 0 Å². The van der Waals surface area contributed by atoms with Gasteiger partial charge in [-0.05, 0) is 45.9 Å². The van der Waals surface area contributed by atoms with E-state index in [4.69, 9.17) is 19.8 Å². The lowest BCUT2D eigenvalue weighted by atomic mass is 9.78. The Labute approximate surface area is 109 Å². The van der Waals surface area contributed by atoms with Crippen LogP contribution in [0, 0.1) is 0 Å². The molecule has 1 heterocycles. The van der Waals surface area contributed by atoms with E-state index in [1.807, 2.05) is 39.8 Å². The van der Waals surface area contributed by atoms with Gasteiger partial charge >= 0.3 is 7.12 Å². The lowest BCUT2D eigenvalue weighted by Gasteiger charge is -2.32. The predicted molar refractivity (Wildman–Crippen MR) is 73.1 cm³/mol. The van der Waals surface area contributed by atoms with Gasteiger partial charge in [0.1, 0.15) is 5.75 Å². The summed E-state index contributed by atoms with van der Waals surface area (Å²) in [4.78, 5) is 0. The largest absolute Gasteiger partial charge is 0.498 e. The second-order valence-electron chi connectivity index (χ2n) is 5.59. The van der Waals surface area contributed by atoms with Crippen LogP contribution < -0.4 is 15.9 Å². The van der Waals surface area contributed by atoms with Crippen molar-refractivity contribution in [3.63, 3.8) is 0 Å². The Balaban J connectivity index is 2.37. The van der Waals surface area contributed by atoms with Crippen LogP contribution in [-0.2, 0) is 9.31 Å².